The van der Waals surface area contributed by atoms with Gasteiger partial charge in [0.05, 0.1) is 0 Å². The zero-order valence-corrected chi connectivity index (χ0v) is 12.6. The Hall–Kier alpha value is -2.88. The first-order valence-corrected chi connectivity index (χ1v) is 7.75. The Morgan fingerprint density at radius 1 is 0.696 bits per heavy atom. The molecule has 0 bridgehead atoms. The first kappa shape index (κ1) is 13.8. The number of amides is 2. The van der Waals surface area contributed by atoms with Gasteiger partial charge in [-0.1, -0.05) is 36.4 Å². The number of hydrogen-bond acceptors (Lipinski definition) is 2. The van der Waals surface area contributed by atoms with Crippen molar-refractivity contribution in [2.45, 2.75) is 13.0 Å². The molecule has 3 aromatic rings. The molecular weight excluding hydrogens is 288 g/mol. The predicted molar refractivity (Wildman–Crippen MR) is 89.9 cm³/mol. The summed E-state index contributed by atoms with van der Waals surface area (Å²) in [6, 6.07) is 16.7. The molecule has 0 saturated heterocycles. The first-order chi connectivity index (χ1) is 11.3. The van der Waals surface area contributed by atoms with Gasteiger partial charge in [-0.3, -0.25) is 14.5 Å². The smallest absolute Gasteiger partial charge is 0.253 e. The van der Waals surface area contributed by atoms with Crippen LogP contribution in [0.4, 0.5) is 0 Å². The maximum absolute atomic E-state index is 11.6. The number of fused-ring (bicyclic) bond motifs is 3. The van der Waals surface area contributed by atoms with Gasteiger partial charge >= 0.3 is 0 Å². The fourth-order valence-electron chi connectivity index (χ4n) is 3.28. The lowest BCUT2D eigenvalue weighted by Crippen LogP contribution is -2.31. The summed E-state index contributed by atoms with van der Waals surface area (Å²) in [7, 11) is 0. The summed E-state index contributed by atoms with van der Waals surface area (Å²) in [6.07, 6.45) is 3.41. The molecule has 0 atom stereocenters. The van der Waals surface area contributed by atoms with E-state index in [1.54, 1.807) is 0 Å². The van der Waals surface area contributed by atoms with Gasteiger partial charge in [-0.2, -0.15) is 0 Å². The highest BCUT2D eigenvalue weighted by Gasteiger charge is 2.22. The standard InChI is InChI=1S/C19H16N2O2/c22-18-10-11-19(23)21(18)13-5-12-20-16-8-3-1-6-14(16)15-7-2-4-9-17(15)20/h1-4,6-11H,5,12-13H2. The molecule has 1 aromatic heterocycles. The predicted octanol–water partition coefficient (Wildman–Crippen LogP) is 3.11. The Morgan fingerprint density at radius 3 is 1.78 bits per heavy atom. The number of hydrogen-bond donors (Lipinski definition) is 0. The lowest BCUT2D eigenvalue weighted by atomic mass is 10.2. The van der Waals surface area contributed by atoms with E-state index in [0.29, 0.717) is 6.54 Å². The summed E-state index contributed by atoms with van der Waals surface area (Å²) in [5.41, 5.74) is 2.37. The molecule has 4 rings (SSSR count). The fraction of sp³-hybridized carbons (Fsp3) is 0.158. The van der Waals surface area contributed by atoms with E-state index in [1.807, 2.05) is 24.3 Å². The van der Waals surface area contributed by atoms with E-state index in [1.165, 1.54) is 38.9 Å². The van der Waals surface area contributed by atoms with Crippen LogP contribution in [0.2, 0.25) is 0 Å². The molecule has 0 fully saturated rings. The topological polar surface area (TPSA) is 42.3 Å². The molecule has 1 aliphatic heterocycles. The van der Waals surface area contributed by atoms with Crippen LogP contribution in [0.1, 0.15) is 6.42 Å². The molecule has 2 heterocycles. The van der Waals surface area contributed by atoms with E-state index in [9.17, 15) is 9.59 Å². The van der Waals surface area contributed by atoms with Gasteiger partial charge in [-0.15, -0.1) is 0 Å². The average molecular weight is 304 g/mol. The lowest BCUT2D eigenvalue weighted by Gasteiger charge is -2.14. The molecule has 1 aliphatic rings. The number of aryl methyl sites for hydroxylation is 1. The molecule has 0 aliphatic carbocycles. The number of rotatable bonds is 4. The molecule has 0 saturated carbocycles. The lowest BCUT2D eigenvalue weighted by molar-refractivity contribution is -0.136. The number of aromatic nitrogens is 1. The van der Waals surface area contributed by atoms with Crippen molar-refractivity contribution in [3.05, 3.63) is 60.7 Å². The minimum Gasteiger partial charge on any atom is -0.340 e. The maximum Gasteiger partial charge on any atom is 0.253 e. The van der Waals surface area contributed by atoms with E-state index in [2.05, 4.69) is 28.8 Å². The molecular formula is C19H16N2O2. The minimum atomic E-state index is -0.211. The van der Waals surface area contributed by atoms with E-state index in [0.717, 1.165) is 13.0 Å². The van der Waals surface area contributed by atoms with Crippen molar-refractivity contribution in [2.75, 3.05) is 6.54 Å². The van der Waals surface area contributed by atoms with E-state index >= 15 is 0 Å². The number of carbonyl (C=O) groups excluding carboxylic acids is 2. The third kappa shape index (κ3) is 2.23. The number of imide groups is 1. The van der Waals surface area contributed by atoms with Crippen molar-refractivity contribution in [3.8, 4) is 0 Å². The number of carbonyl (C=O) groups is 2. The van der Waals surface area contributed by atoms with Gasteiger partial charge in [0.2, 0.25) is 0 Å². The molecule has 23 heavy (non-hydrogen) atoms. The van der Waals surface area contributed by atoms with Gasteiger partial charge in [0.1, 0.15) is 0 Å². The SMILES string of the molecule is O=C1C=CC(=O)N1CCCn1c2ccccc2c2ccccc21. The zero-order chi connectivity index (χ0) is 15.8. The summed E-state index contributed by atoms with van der Waals surface area (Å²) in [5, 5.41) is 2.47. The van der Waals surface area contributed by atoms with E-state index < -0.39 is 0 Å². The van der Waals surface area contributed by atoms with Gasteiger partial charge in [0.15, 0.2) is 0 Å². The van der Waals surface area contributed by atoms with Gasteiger partial charge in [0, 0.05) is 47.0 Å². The van der Waals surface area contributed by atoms with E-state index in [-0.39, 0.29) is 11.8 Å². The normalized spacial score (nSPS) is 14.5. The molecule has 4 nitrogen and oxygen atoms in total. The van der Waals surface area contributed by atoms with Crippen LogP contribution in [0.15, 0.2) is 60.7 Å². The summed E-state index contributed by atoms with van der Waals surface area (Å²) in [4.78, 5) is 24.5. The van der Waals surface area contributed by atoms with Gasteiger partial charge in [-0.05, 0) is 18.6 Å². The van der Waals surface area contributed by atoms with Crippen LogP contribution in [0.3, 0.4) is 0 Å². The van der Waals surface area contributed by atoms with Crippen molar-refractivity contribution in [1.29, 1.82) is 0 Å². The molecule has 114 valence electrons. The summed E-state index contributed by atoms with van der Waals surface area (Å²) >= 11 is 0. The molecule has 0 radical (unpaired) electrons. The summed E-state index contributed by atoms with van der Waals surface area (Å²) in [5.74, 6) is -0.422. The first-order valence-electron chi connectivity index (χ1n) is 7.75. The van der Waals surface area contributed by atoms with Crippen LogP contribution in [0, 0.1) is 0 Å². The Bertz CT molecular complexity index is 881. The minimum absolute atomic E-state index is 0.211. The van der Waals surface area contributed by atoms with Crippen LogP contribution < -0.4 is 0 Å². The molecule has 2 aromatic carbocycles. The van der Waals surface area contributed by atoms with Crippen LogP contribution in [-0.2, 0) is 16.1 Å². The van der Waals surface area contributed by atoms with Crippen LogP contribution in [0.5, 0.6) is 0 Å². The second-order valence-corrected chi connectivity index (χ2v) is 5.70. The third-order valence-corrected chi connectivity index (χ3v) is 4.34. The quantitative estimate of drug-likeness (QED) is 0.695. The second kappa shape index (κ2) is 5.39. The highest BCUT2D eigenvalue weighted by atomic mass is 16.2. The highest BCUT2D eigenvalue weighted by molar-refractivity contribution is 6.12. The van der Waals surface area contributed by atoms with Crippen molar-refractivity contribution < 1.29 is 9.59 Å². The van der Waals surface area contributed by atoms with E-state index in [4.69, 9.17) is 0 Å². The molecule has 4 heteroatoms. The third-order valence-electron chi connectivity index (χ3n) is 4.34. The number of nitrogens with zero attached hydrogens (tertiary/aromatic N) is 2. The highest BCUT2D eigenvalue weighted by Crippen LogP contribution is 2.28. The number of para-hydroxylation sites is 2. The van der Waals surface area contributed by atoms with Crippen molar-refractivity contribution in [2.24, 2.45) is 0 Å². The fourth-order valence-corrected chi connectivity index (χ4v) is 3.28. The summed E-state index contributed by atoms with van der Waals surface area (Å²) < 4.78 is 2.27. The van der Waals surface area contributed by atoms with Crippen LogP contribution >= 0.6 is 0 Å². The molecule has 0 unspecified atom stereocenters. The monoisotopic (exact) mass is 304 g/mol. The zero-order valence-electron chi connectivity index (χ0n) is 12.6. The Morgan fingerprint density at radius 2 is 1.22 bits per heavy atom. The molecule has 0 spiro atoms. The Kier molecular flexibility index (Phi) is 3.23. The number of benzene rings is 2. The molecule has 2 amide bonds. The molecule has 0 N–H and O–H groups in total. The van der Waals surface area contributed by atoms with Crippen molar-refractivity contribution in [1.82, 2.24) is 9.47 Å². The average Bonchev–Trinajstić information content (AvgIpc) is 3.07. The van der Waals surface area contributed by atoms with Gasteiger partial charge < -0.3 is 4.57 Å². The Balaban J connectivity index is 1.63. The summed E-state index contributed by atoms with van der Waals surface area (Å²) in [6.45, 7) is 1.22. The van der Waals surface area contributed by atoms with Crippen LogP contribution in [0.25, 0.3) is 21.8 Å². The van der Waals surface area contributed by atoms with Gasteiger partial charge in [0.25, 0.3) is 11.8 Å². The maximum atomic E-state index is 11.6. The Labute approximate surface area is 133 Å². The van der Waals surface area contributed by atoms with Gasteiger partial charge in [-0.25, -0.2) is 0 Å². The van der Waals surface area contributed by atoms with Crippen molar-refractivity contribution >= 4 is 33.6 Å². The largest absolute Gasteiger partial charge is 0.340 e. The van der Waals surface area contributed by atoms with Crippen LogP contribution in [-0.4, -0.2) is 27.8 Å². The van der Waals surface area contributed by atoms with Crippen molar-refractivity contribution in [3.63, 3.8) is 0 Å². The second-order valence-electron chi connectivity index (χ2n) is 5.70.